The zero-order valence-electron chi connectivity index (χ0n) is 14.1. The molecule has 0 aromatic heterocycles. The molecule has 1 aromatic carbocycles. The van der Waals surface area contributed by atoms with Crippen molar-refractivity contribution in [2.45, 2.75) is 25.4 Å². The summed E-state index contributed by atoms with van der Waals surface area (Å²) in [6.07, 6.45) is -0.196. The number of phenolic OH excluding ortho intramolecular Hbond substituents is 1. The summed E-state index contributed by atoms with van der Waals surface area (Å²) >= 11 is 2.14. The number of phenols is 1. The molecule has 0 fully saturated rings. The van der Waals surface area contributed by atoms with Gasteiger partial charge >= 0.3 is 0 Å². The van der Waals surface area contributed by atoms with Crippen molar-refractivity contribution in [3.8, 4) is 5.75 Å². The van der Waals surface area contributed by atoms with Crippen molar-refractivity contribution in [3.05, 3.63) is 49.5 Å². The molecule has 4 rings (SSSR count). The Labute approximate surface area is 168 Å². The van der Waals surface area contributed by atoms with Gasteiger partial charge in [0.25, 0.3) is 5.91 Å². The molecule has 3 aliphatic carbocycles. The number of fused-ring (bicyclic) bond motifs is 3. The van der Waals surface area contributed by atoms with Crippen LogP contribution in [-0.4, -0.2) is 32.1 Å². The number of Topliss-reactive ketones (excluding diaryl/α,β-unsaturated/α-hetero) is 1. The Morgan fingerprint density at radius 2 is 1.89 bits per heavy atom. The monoisotopic (exact) mass is 483 g/mol. The van der Waals surface area contributed by atoms with Gasteiger partial charge in [-0.3, -0.25) is 9.59 Å². The predicted molar refractivity (Wildman–Crippen MR) is 103 cm³/mol. The molecule has 7 nitrogen and oxygen atoms in total. The first-order valence-electron chi connectivity index (χ1n) is 8.59. The Balaban J connectivity index is 1.85. The molecule has 6 N–H and O–H groups in total. The topological polar surface area (TPSA) is 141 Å². The number of allylic oxidation sites excluding steroid dienone is 2. The predicted octanol–water partition coefficient (Wildman–Crippen LogP) is 1.92. The first-order chi connectivity index (χ1) is 12.7. The molecule has 1 aromatic rings. The highest BCUT2D eigenvalue weighted by molar-refractivity contribution is 14.1. The van der Waals surface area contributed by atoms with Gasteiger partial charge in [0.1, 0.15) is 28.9 Å². The Morgan fingerprint density at radius 3 is 2.56 bits per heavy atom. The molecule has 2 unspecified atom stereocenters. The number of benzene rings is 1. The van der Waals surface area contributed by atoms with Gasteiger partial charge in [0.05, 0.1) is 5.92 Å². The quantitative estimate of drug-likeness (QED) is 0.306. The molecule has 0 saturated carbocycles. The molecule has 0 heterocycles. The van der Waals surface area contributed by atoms with E-state index >= 15 is 0 Å². The molecule has 0 spiro atoms. The van der Waals surface area contributed by atoms with E-state index in [2.05, 4.69) is 22.6 Å². The lowest BCUT2D eigenvalue weighted by molar-refractivity contribution is -0.126. The average Bonchev–Trinajstić information content (AvgIpc) is 2.57. The fourth-order valence-electron chi connectivity index (χ4n) is 4.79. The normalized spacial score (nSPS) is 29.9. The molecule has 0 bridgehead atoms. The Morgan fingerprint density at radius 1 is 1.19 bits per heavy atom. The lowest BCUT2D eigenvalue weighted by Crippen LogP contribution is -2.43. The van der Waals surface area contributed by atoms with Crippen LogP contribution in [0.3, 0.4) is 0 Å². The second-order valence-electron chi connectivity index (χ2n) is 7.33. The van der Waals surface area contributed by atoms with Crippen LogP contribution >= 0.6 is 22.6 Å². The van der Waals surface area contributed by atoms with Crippen LogP contribution in [0.5, 0.6) is 5.75 Å². The van der Waals surface area contributed by atoms with E-state index < -0.39 is 29.3 Å². The van der Waals surface area contributed by atoms with E-state index in [1.54, 1.807) is 6.07 Å². The van der Waals surface area contributed by atoms with Gasteiger partial charge < -0.3 is 26.2 Å². The summed E-state index contributed by atoms with van der Waals surface area (Å²) in [5.41, 5.74) is 6.20. The lowest BCUT2D eigenvalue weighted by atomic mass is 9.62. The molecular weight excluding hydrogens is 465 g/mol. The summed E-state index contributed by atoms with van der Waals surface area (Å²) < 4.78 is 0.901. The van der Waals surface area contributed by atoms with Crippen molar-refractivity contribution in [1.29, 1.82) is 0 Å². The minimum absolute atomic E-state index is 0.0656. The summed E-state index contributed by atoms with van der Waals surface area (Å²) in [7, 11) is 0. The molecule has 1 amide bonds. The molecule has 0 saturated heterocycles. The number of primary amides is 1. The highest BCUT2D eigenvalue weighted by atomic mass is 127. The first-order valence-corrected chi connectivity index (χ1v) is 9.67. The number of aliphatic hydroxyl groups excluding tert-OH is 3. The number of rotatable bonds is 1. The highest BCUT2D eigenvalue weighted by Crippen LogP contribution is 2.53. The van der Waals surface area contributed by atoms with E-state index in [9.17, 15) is 30.0 Å². The number of nitrogens with two attached hydrogens (primary N) is 1. The van der Waals surface area contributed by atoms with Crippen LogP contribution in [0, 0.1) is 21.3 Å². The van der Waals surface area contributed by atoms with Crippen LogP contribution in [0.2, 0.25) is 0 Å². The van der Waals surface area contributed by atoms with Crippen LogP contribution in [-0.2, 0) is 16.0 Å². The number of aliphatic hydroxyl groups is 3. The molecular formula is C19H18INO6. The molecule has 4 atom stereocenters. The van der Waals surface area contributed by atoms with Crippen LogP contribution < -0.4 is 5.73 Å². The maximum Gasteiger partial charge on any atom is 0.255 e. The molecule has 3 aliphatic rings. The second kappa shape index (κ2) is 6.23. The maximum atomic E-state index is 12.7. The van der Waals surface area contributed by atoms with Gasteiger partial charge in [0, 0.05) is 21.1 Å². The number of amides is 1. The zero-order chi connectivity index (χ0) is 19.6. The molecule has 8 heteroatoms. The third-order valence-electron chi connectivity index (χ3n) is 5.90. The molecule has 0 radical (unpaired) electrons. The molecule has 0 aliphatic heterocycles. The number of hydrogen-bond donors (Lipinski definition) is 5. The van der Waals surface area contributed by atoms with E-state index in [1.807, 2.05) is 0 Å². The SMILES string of the molecule is NC(=O)C1=C(O)CC2C[C@@H]3Cc4c(I)ccc(O)c4[C@H](O)C3=C(O)C2C1=O. The Kier molecular flexibility index (Phi) is 4.22. The van der Waals surface area contributed by atoms with Gasteiger partial charge in [-0.2, -0.15) is 0 Å². The molecule has 27 heavy (non-hydrogen) atoms. The third-order valence-corrected chi connectivity index (χ3v) is 6.91. The highest BCUT2D eigenvalue weighted by Gasteiger charge is 2.50. The summed E-state index contributed by atoms with van der Waals surface area (Å²) in [5, 5.41) is 42.1. The van der Waals surface area contributed by atoms with E-state index in [0.29, 0.717) is 24.0 Å². The van der Waals surface area contributed by atoms with Gasteiger partial charge in [-0.05, 0) is 65.0 Å². The van der Waals surface area contributed by atoms with Crippen LogP contribution in [0.1, 0.15) is 30.1 Å². The largest absolute Gasteiger partial charge is 0.511 e. The van der Waals surface area contributed by atoms with E-state index in [-0.39, 0.29) is 35.5 Å². The summed E-state index contributed by atoms with van der Waals surface area (Å²) in [4.78, 5) is 24.3. The van der Waals surface area contributed by atoms with Gasteiger partial charge in [0.2, 0.25) is 0 Å². The van der Waals surface area contributed by atoms with Crippen LogP contribution in [0.15, 0.2) is 34.8 Å². The van der Waals surface area contributed by atoms with Crippen molar-refractivity contribution in [2.75, 3.05) is 0 Å². The standard InChI is InChI=1S/C19H18INO6/c20-9-1-2-10(22)14-8(9)4-6-3-7-5-11(23)15(19(21)27)18(26)13(7)16(24)12(6)17(14)25/h1-2,6-7,13,17,22-25H,3-5H2,(H2,21,27)/t6-,7?,13?,17-/m1/s1. The average molecular weight is 483 g/mol. The second-order valence-corrected chi connectivity index (χ2v) is 8.49. The maximum absolute atomic E-state index is 12.7. The number of carbonyl (C=O) groups is 2. The van der Waals surface area contributed by atoms with Gasteiger partial charge in [-0.25, -0.2) is 0 Å². The number of aromatic hydroxyl groups is 1. The number of ketones is 1. The number of carbonyl (C=O) groups excluding carboxylic acids is 2. The van der Waals surface area contributed by atoms with Crippen molar-refractivity contribution < 1.29 is 30.0 Å². The first kappa shape index (κ1) is 18.3. The van der Waals surface area contributed by atoms with Gasteiger partial charge in [-0.1, -0.05) is 0 Å². The Hall–Kier alpha value is -2.07. The number of halogens is 1. The summed E-state index contributed by atoms with van der Waals surface area (Å²) in [6, 6.07) is 3.25. The third kappa shape index (κ3) is 2.57. The minimum atomic E-state index is -1.24. The fourth-order valence-corrected chi connectivity index (χ4v) is 5.48. The number of hydrogen-bond acceptors (Lipinski definition) is 6. The van der Waals surface area contributed by atoms with Crippen LogP contribution in [0.25, 0.3) is 0 Å². The van der Waals surface area contributed by atoms with E-state index in [4.69, 9.17) is 5.73 Å². The van der Waals surface area contributed by atoms with Crippen molar-refractivity contribution in [3.63, 3.8) is 0 Å². The van der Waals surface area contributed by atoms with Gasteiger partial charge in [-0.15, -0.1) is 0 Å². The fraction of sp³-hybridized carbons (Fsp3) is 0.368. The van der Waals surface area contributed by atoms with Gasteiger partial charge in [0.15, 0.2) is 5.78 Å². The molecule has 142 valence electrons. The summed E-state index contributed by atoms with van der Waals surface area (Å²) in [6.45, 7) is 0. The van der Waals surface area contributed by atoms with E-state index in [0.717, 1.165) is 9.13 Å². The zero-order valence-corrected chi connectivity index (χ0v) is 16.3. The minimum Gasteiger partial charge on any atom is -0.511 e. The van der Waals surface area contributed by atoms with Crippen LogP contribution in [0.4, 0.5) is 0 Å². The lowest BCUT2D eigenvalue weighted by Gasteiger charge is -2.43. The van der Waals surface area contributed by atoms with Crippen molar-refractivity contribution in [2.24, 2.45) is 23.5 Å². The smallest absolute Gasteiger partial charge is 0.255 e. The Bertz CT molecular complexity index is 950. The summed E-state index contributed by atoms with van der Waals surface area (Å²) in [5.74, 6) is -4.04. The van der Waals surface area contributed by atoms with Crippen molar-refractivity contribution in [1.82, 2.24) is 0 Å². The van der Waals surface area contributed by atoms with E-state index in [1.165, 1.54) is 6.07 Å². The van der Waals surface area contributed by atoms with Crippen molar-refractivity contribution >= 4 is 34.3 Å².